The Bertz CT molecular complexity index is 1080. The number of sulfonamides is 1. The third-order valence-corrected chi connectivity index (χ3v) is 7.47. The van der Waals surface area contributed by atoms with Gasteiger partial charge in [0.2, 0.25) is 15.9 Å². The van der Waals surface area contributed by atoms with Gasteiger partial charge in [-0.1, -0.05) is 31.5 Å². The van der Waals surface area contributed by atoms with Crippen LogP contribution in [0, 0.1) is 0 Å². The van der Waals surface area contributed by atoms with Gasteiger partial charge in [0.1, 0.15) is 17.5 Å². The first-order valence-electron chi connectivity index (χ1n) is 10.6. The number of ether oxygens (including phenoxy) is 2. The van der Waals surface area contributed by atoms with Gasteiger partial charge in [0.25, 0.3) is 0 Å². The Balaban J connectivity index is 2.20. The van der Waals surface area contributed by atoms with Gasteiger partial charge in [-0.05, 0) is 36.2 Å². The highest BCUT2D eigenvalue weighted by Crippen LogP contribution is 2.38. The molecule has 0 aliphatic carbocycles. The highest BCUT2D eigenvalue weighted by atomic mass is 32.2. The van der Waals surface area contributed by atoms with Crippen LogP contribution in [0.2, 0.25) is 0 Å². The first-order chi connectivity index (χ1) is 15.7. The Labute approximate surface area is 193 Å². The standard InChI is InChI=1S/C23H28N2O7S/c1-4-5-11-24-20(26)15-25(33(29,30)19-9-7-6-8-10-19)22(23(27)28)21(24)16-12-17(31-2)14-18(13-16)32-3/h6-10,12-14,21-22H,4-5,11,15H2,1-3H3,(H,27,28)/t21-,22+/m1/s1. The summed E-state index contributed by atoms with van der Waals surface area (Å²) in [6.07, 6.45) is 1.42. The molecule has 33 heavy (non-hydrogen) atoms. The quantitative estimate of drug-likeness (QED) is 0.592. The van der Waals surface area contributed by atoms with Crippen molar-refractivity contribution < 1.29 is 32.6 Å². The SMILES string of the molecule is CCCCN1C(=O)CN(S(=O)(=O)c2ccccc2)[C@H](C(=O)O)[C@H]1c1cc(OC)cc(OC)c1. The molecule has 2 aromatic carbocycles. The van der Waals surface area contributed by atoms with Crippen molar-refractivity contribution in [2.45, 2.75) is 36.7 Å². The van der Waals surface area contributed by atoms with E-state index < -0.39 is 40.5 Å². The average molecular weight is 477 g/mol. The van der Waals surface area contributed by atoms with Crippen LogP contribution in [0.5, 0.6) is 11.5 Å². The number of carboxylic acid groups (broad SMARTS) is 1. The lowest BCUT2D eigenvalue weighted by Gasteiger charge is -2.45. The fraction of sp³-hybridized carbons (Fsp3) is 0.391. The van der Waals surface area contributed by atoms with Gasteiger partial charge in [-0.25, -0.2) is 8.42 Å². The Morgan fingerprint density at radius 3 is 2.21 bits per heavy atom. The van der Waals surface area contributed by atoms with E-state index in [9.17, 15) is 23.1 Å². The lowest BCUT2D eigenvalue weighted by atomic mass is 9.94. The van der Waals surface area contributed by atoms with Crippen LogP contribution in [0.3, 0.4) is 0 Å². The number of hydrogen-bond acceptors (Lipinski definition) is 6. The molecule has 2 atom stereocenters. The van der Waals surface area contributed by atoms with Gasteiger partial charge in [0.05, 0.1) is 31.7 Å². The number of carbonyl (C=O) groups excluding carboxylic acids is 1. The van der Waals surface area contributed by atoms with Crippen LogP contribution in [-0.4, -0.2) is 68.0 Å². The fourth-order valence-electron chi connectivity index (χ4n) is 3.98. The highest BCUT2D eigenvalue weighted by Gasteiger charge is 2.50. The zero-order chi connectivity index (χ0) is 24.2. The van der Waals surface area contributed by atoms with Crippen LogP contribution < -0.4 is 9.47 Å². The van der Waals surface area contributed by atoms with Gasteiger partial charge < -0.3 is 19.5 Å². The third kappa shape index (κ3) is 4.96. The number of carbonyl (C=O) groups is 2. The lowest BCUT2D eigenvalue weighted by molar-refractivity contribution is -0.153. The molecule has 3 rings (SSSR count). The zero-order valence-electron chi connectivity index (χ0n) is 18.8. The first-order valence-corrected chi connectivity index (χ1v) is 12.0. The molecule has 1 N–H and O–H groups in total. The summed E-state index contributed by atoms with van der Waals surface area (Å²) in [5.41, 5.74) is 0.413. The summed E-state index contributed by atoms with van der Waals surface area (Å²) in [5.74, 6) is -1.01. The van der Waals surface area contributed by atoms with Crippen molar-refractivity contribution in [3.63, 3.8) is 0 Å². The number of aliphatic carboxylic acids is 1. The molecular formula is C23H28N2O7S. The number of rotatable bonds is 9. The average Bonchev–Trinajstić information content (AvgIpc) is 2.82. The number of piperazine rings is 1. The minimum absolute atomic E-state index is 0.0759. The molecule has 0 bridgehead atoms. The van der Waals surface area contributed by atoms with E-state index >= 15 is 0 Å². The topological polar surface area (TPSA) is 113 Å². The van der Waals surface area contributed by atoms with Crippen molar-refractivity contribution in [2.24, 2.45) is 0 Å². The van der Waals surface area contributed by atoms with E-state index in [1.54, 1.807) is 36.4 Å². The van der Waals surface area contributed by atoms with Crippen molar-refractivity contribution in [1.82, 2.24) is 9.21 Å². The third-order valence-electron chi connectivity index (χ3n) is 5.63. The van der Waals surface area contributed by atoms with E-state index in [0.29, 0.717) is 30.0 Å². The summed E-state index contributed by atoms with van der Waals surface area (Å²) in [7, 11) is -1.35. The van der Waals surface area contributed by atoms with Crippen LogP contribution in [0.4, 0.5) is 0 Å². The maximum Gasteiger partial charge on any atom is 0.324 e. The minimum Gasteiger partial charge on any atom is -0.497 e. The molecule has 0 aromatic heterocycles. The minimum atomic E-state index is -4.26. The van der Waals surface area contributed by atoms with E-state index in [-0.39, 0.29) is 4.90 Å². The van der Waals surface area contributed by atoms with E-state index in [1.165, 1.54) is 31.3 Å². The van der Waals surface area contributed by atoms with Gasteiger partial charge in [-0.3, -0.25) is 9.59 Å². The number of carboxylic acids is 1. The van der Waals surface area contributed by atoms with E-state index in [2.05, 4.69) is 0 Å². The Morgan fingerprint density at radius 1 is 1.09 bits per heavy atom. The zero-order valence-corrected chi connectivity index (χ0v) is 19.6. The second kappa shape index (κ2) is 10.2. The normalized spacial score (nSPS) is 19.4. The summed E-state index contributed by atoms with van der Waals surface area (Å²) in [5, 5.41) is 10.2. The van der Waals surface area contributed by atoms with Gasteiger partial charge in [-0.2, -0.15) is 4.31 Å². The number of benzene rings is 2. The van der Waals surface area contributed by atoms with Crippen molar-refractivity contribution >= 4 is 21.9 Å². The molecule has 0 saturated carbocycles. The van der Waals surface area contributed by atoms with Crippen LogP contribution in [0.25, 0.3) is 0 Å². The molecule has 2 aromatic rings. The van der Waals surface area contributed by atoms with Crippen LogP contribution in [0.15, 0.2) is 53.4 Å². The first kappa shape index (κ1) is 24.5. The summed E-state index contributed by atoms with van der Waals surface area (Å²) < 4.78 is 38.3. The highest BCUT2D eigenvalue weighted by molar-refractivity contribution is 7.89. The Kier molecular flexibility index (Phi) is 7.60. The van der Waals surface area contributed by atoms with Gasteiger partial charge in [0.15, 0.2) is 0 Å². The van der Waals surface area contributed by atoms with Crippen molar-refractivity contribution in [3.8, 4) is 11.5 Å². The second-order valence-electron chi connectivity index (χ2n) is 7.68. The molecule has 1 heterocycles. The largest absolute Gasteiger partial charge is 0.497 e. The maximum absolute atomic E-state index is 13.4. The monoisotopic (exact) mass is 476 g/mol. The second-order valence-corrected chi connectivity index (χ2v) is 9.57. The van der Waals surface area contributed by atoms with E-state index in [4.69, 9.17) is 9.47 Å². The number of nitrogens with zero attached hydrogens (tertiary/aromatic N) is 2. The predicted molar refractivity (Wildman–Crippen MR) is 121 cm³/mol. The summed E-state index contributed by atoms with van der Waals surface area (Å²) in [4.78, 5) is 27.1. The summed E-state index contributed by atoms with van der Waals surface area (Å²) in [6, 6.07) is 9.74. The molecule has 9 nitrogen and oxygen atoms in total. The number of methoxy groups -OCH3 is 2. The van der Waals surface area contributed by atoms with Crippen molar-refractivity contribution in [2.75, 3.05) is 27.3 Å². The fourth-order valence-corrected chi connectivity index (χ4v) is 5.54. The Hall–Kier alpha value is -3.11. The predicted octanol–water partition coefficient (Wildman–Crippen LogP) is 2.53. The molecule has 178 valence electrons. The lowest BCUT2D eigenvalue weighted by Crippen LogP contribution is -2.61. The van der Waals surface area contributed by atoms with E-state index in [1.807, 2.05) is 6.92 Å². The van der Waals surface area contributed by atoms with E-state index in [0.717, 1.165) is 10.7 Å². The molecule has 0 unspecified atom stereocenters. The van der Waals surface area contributed by atoms with Gasteiger partial charge in [0, 0.05) is 12.6 Å². The molecule has 1 aliphatic heterocycles. The number of amides is 1. The van der Waals surface area contributed by atoms with Crippen molar-refractivity contribution in [1.29, 1.82) is 0 Å². The molecule has 1 fully saturated rings. The molecular weight excluding hydrogens is 448 g/mol. The molecule has 0 spiro atoms. The molecule has 1 amide bonds. The van der Waals surface area contributed by atoms with Crippen LogP contribution in [-0.2, 0) is 19.6 Å². The van der Waals surface area contributed by atoms with Gasteiger partial charge >= 0.3 is 5.97 Å². The molecule has 1 saturated heterocycles. The molecule has 1 aliphatic rings. The van der Waals surface area contributed by atoms with Crippen LogP contribution >= 0.6 is 0 Å². The van der Waals surface area contributed by atoms with Crippen LogP contribution in [0.1, 0.15) is 31.4 Å². The number of unbranched alkanes of at least 4 members (excludes halogenated alkanes) is 1. The van der Waals surface area contributed by atoms with Gasteiger partial charge in [-0.15, -0.1) is 0 Å². The van der Waals surface area contributed by atoms with Crippen molar-refractivity contribution in [3.05, 3.63) is 54.1 Å². The maximum atomic E-state index is 13.4. The molecule has 10 heteroatoms. The summed E-state index contributed by atoms with van der Waals surface area (Å²) >= 11 is 0. The Morgan fingerprint density at radius 2 is 1.70 bits per heavy atom. The molecule has 0 radical (unpaired) electrons. The smallest absolute Gasteiger partial charge is 0.324 e. The number of hydrogen-bond donors (Lipinski definition) is 1. The summed E-state index contributed by atoms with van der Waals surface area (Å²) in [6.45, 7) is 1.69.